The Labute approximate surface area is 162 Å². The Morgan fingerprint density at radius 1 is 1.22 bits per heavy atom. The summed E-state index contributed by atoms with van der Waals surface area (Å²) >= 11 is 1.17. The van der Waals surface area contributed by atoms with E-state index in [1.54, 1.807) is 18.2 Å². The van der Waals surface area contributed by atoms with Crippen molar-refractivity contribution in [3.8, 4) is 11.5 Å². The Morgan fingerprint density at radius 2 is 1.93 bits per heavy atom. The summed E-state index contributed by atoms with van der Waals surface area (Å²) in [6, 6.07) is 5.18. The zero-order valence-corrected chi connectivity index (χ0v) is 16.6. The van der Waals surface area contributed by atoms with Crippen LogP contribution in [0.2, 0.25) is 0 Å². The first-order valence-corrected chi connectivity index (χ1v) is 9.89. The number of thioether (sulfide) groups is 1. The molecule has 0 spiro atoms. The zero-order valence-electron chi connectivity index (χ0n) is 15.7. The van der Waals surface area contributed by atoms with Crippen LogP contribution in [0.15, 0.2) is 18.2 Å². The fraction of sp³-hybridized carbons (Fsp3) is 0.526. The highest BCUT2D eigenvalue weighted by Gasteiger charge is 2.34. The summed E-state index contributed by atoms with van der Waals surface area (Å²) in [5.41, 5.74) is 0.148. The number of hydrogen-bond acceptors (Lipinski definition) is 6. The quantitative estimate of drug-likeness (QED) is 0.844. The van der Waals surface area contributed by atoms with Gasteiger partial charge in [-0.25, -0.2) is 0 Å². The normalized spacial score (nSPS) is 18.9. The molecule has 0 aromatic heterocycles. The highest BCUT2D eigenvalue weighted by atomic mass is 32.2. The molecule has 1 saturated heterocycles. The number of nitrogens with one attached hydrogen (secondary N) is 1. The molecule has 7 nitrogen and oxygen atoms in total. The number of benzene rings is 1. The van der Waals surface area contributed by atoms with Crippen LogP contribution < -0.4 is 19.7 Å². The maximum atomic E-state index is 13.1. The Hall–Kier alpha value is -2.22. The smallest absolute Gasteiger partial charge is 0.240 e. The van der Waals surface area contributed by atoms with Gasteiger partial charge in [0.2, 0.25) is 11.8 Å². The fourth-order valence-corrected chi connectivity index (χ4v) is 3.96. The van der Waals surface area contributed by atoms with Crippen LogP contribution in [0.5, 0.6) is 11.5 Å². The van der Waals surface area contributed by atoms with Crippen molar-refractivity contribution in [1.82, 2.24) is 5.32 Å². The monoisotopic (exact) mass is 392 g/mol. The number of rotatable bonds is 4. The average molecular weight is 392 g/mol. The molecule has 2 heterocycles. The predicted octanol–water partition coefficient (Wildman–Crippen LogP) is 1.99. The van der Waals surface area contributed by atoms with Gasteiger partial charge in [0.05, 0.1) is 5.92 Å². The molecule has 0 aliphatic carbocycles. The van der Waals surface area contributed by atoms with E-state index in [4.69, 9.17) is 9.47 Å². The predicted molar refractivity (Wildman–Crippen MR) is 103 cm³/mol. The zero-order chi connectivity index (χ0) is 19.6. The molecule has 2 aliphatic heterocycles. The third-order valence-corrected chi connectivity index (χ3v) is 5.19. The van der Waals surface area contributed by atoms with Crippen molar-refractivity contribution in [2.75, 3.05) is 30.4 Å². The summed E-state index contributed by atoms with van der Waals surface area (Å²) in [5, 5.41) is 2.88. The molecule has 1 fully saturated rings. The van der Waals surface area contributed by atoms with E-state index in [1.165, 1.54) is 16.7 Å². The number of fused-ring (bicyclic) bond motifs is 1. The Kier molecular flexibility index (Phi) is 5.64. The molecule has 1 atom stereocenters. The second kappa shape index (κ2) is 7.80. The first kappa shape index (κ1) is 19.5. The third-order valence-electron chi connectivity index (χ3n) is 4.13. The van der Waals surface area contributed by atoms with E-state index in [-0.39, 0.29) is 29.9 Å². The number of ether oxygens (including phenoxy) is 2. The first-order valence-electron chi connectivity index (χ1n) is 8.90. The van der Waals surface area contributed by atoms with Crippen LogP contribution in [-0.4, -0.2) is 48.0 Å². The minimum atomic E-state index is -0.418. The summed E-state index contributed by atoms with van der Waals surface area (Å²) < 4.78 is 11.1. The minimum absolute atomic E-state index is 0.00890. The highest BCUT2D eigenvalue weighted by molar-refractivity contribution is 8.14. The van der Waals surface area contributed by atoms with Crippen molar-refractivity contribution in [3.05, 3.63) is 18.2 Å². The van der Waals surface area contributed by atoms with Gasteiger partial charge in [0, 0.05) is 29.5 Å². The topological polar surface area (TPSA) is 84.9 Å². The van der Waals surface area contributed by atoms with Gasteiger partial charge in [0.1, 0.15) is 19.8 Å². The van der Waals surface area contributed by atoms with Crippen LogP contribution >= 0.6 is 11.8 Å². The van der Waals surface area contributed by atoms with Gasteiger partial charge < -0.3 is 19.7 Å². The highest BCUT2D eigenvalue weighted by Crippen LogP contribution is 2.35. The first-order chi connectivity index (χ1) is 12.7. The summed E-state index contributed by atoms with van der Waals surface area (Å²) in [6.07, 6.45) is 0.200. The molecule has 3 rings (SSSR count). The molecule has 2 aliphatic rings. The van der Waals surface area contributed by atoms with Crippen molar-refractivity contribution in [2.45, 2.75) is 32.7 Å². The van der Waals surface area contributed by atoms with Gasteiger partial charge in [0.15, 0.2) is 16.6 Å². The molecule has 27 heavy (non-hydrogen) atoms. The van der Waals surface area contributed by atoms with Crippen molar-refractivity contribution in [2.24, 2.45) is 5.92 Å². The number of carbonyl (C=O) groups is 3. The lowest BCUT2D eigenvalue weighted by molar-refractivity contribution is -0.126. The number of anilines is 1. The van der Waals surface area contributed by atoms with Gasteiger partial charge in [-0.3, -0.25) is 14.4 Å². The third kappa shape index (κ3) is 4.94. The largest absolute Gasteiger partial charge is 0.486 e. The minimum Gasteiger partial charge on any atom is -0.486 e. The number of nitrogens with zero attached hydrogens (tertiary/aromatic N) is 1. The van der Waals surface area contributed by atoms with Crippen molar-refractivity contribution < 1.29 is 23.9 Å². The molecule has 0 radical (unpaired) electrons. The van der Waals surface area contributed by atoms with E-state index in [1.807, 2.05) is 20.8 Å². The maximum Gasteiger partial charge on any atom is 0.240 e. The van der Waals surface area contributed by atoms with Crippen LogP contribution in [0, 0.1) is 5.92 Å². The van der Waals surface area contributed by atoms with Crippen molar-refractivity contribution in [3.63, 3.8) is 0 Å². The molecule has 1 aromatic carbocycles. The van der Waals surface area contributed by atoms with E-state index in [9.17, 15) is 14.4 Å². The van der Waals surface area contributed by atoms with Gasteiger partial charge in [-0.1, -0.05) is 11.8 Å². The molecular weight excluding hydrogens is 368 g/mol. The molecule has 0 saturated carbocycles. The van der Waals surface area contributed by atoms with E-state index in [2.05, 4.69) is 5.32 Å². The van der Waals surface area contributed by atoms with Crippen LogP contribution in [0.25, 0.3) is 0 Å². The van der Waals surface area contributed by atoms with Crippen molar-refractivity contribution >= 4 is 34.4 Å². The second-order valence-corrected chi connectivity index (χ2v) is 8.71. The van der Waals surface area contributed by atoms with Crippen LogP contribution in [0.4, 0.5) is 5.69 Å². The van der Waals surface area contributed by atoms with E-state index in [0.717, 1.165) is 0 Å². The molecule has 0 bridgehead atoms. The lowest BCUT2D eigenvalue weighted by Crippen LogP contribution is -2.48. The number of hydrogen-bond donors (Lipinski definition) is 1. The standard InChI is InChI=1S/C19H24N2O5S/c1-19(2,3)20-16(22)10-21(18(24)12-8-17(23)27-11-12)13-4-5-14-15(9-13)26-7-6-25-14/h4-5,9,12H,6-8,10-11H2,1-3H3,(H,20,22)/t12-/m1/s1. The molecule has 1 aromatic rings. The van der Waals surface area contributed by atoms with Crippen molar-refractivity contribution in [1.29, 1.82) is 0 Å². The molecular formula is C19H24N2O5S. The van der Waals surface area contributed by atoms with Crippen LogP contribution in [-0.2, 0) is 14.4 Å². The summed E-state index contributed by atoms with van der Waals surface area (Å²) in [7, 11) is 0. The molecule has 0 unspecified atom stereocenters. The van der Waals surface area contributed by atoms with Gasteiger partial charge in [-0.2, -0.15) is 0 Å². The molecule has 146 valence electrons. The maximum absolute atomic E-state index is 13.1. The SMILES string of the molecule is CC(C)(C)NC(=O)CN(C(=O)[C@H]1CSC(=O)C1)c1ccc2c(c1)OCCO2. The van der Waals surface area contributed by atoms with Gasteiger partial charge in [-0.15, -0.1) is 0 Å². The molecule has 2 amide bonds. The average Bonchev–Trinajstić information content (AvgIpc) is 3.03. The molecule has 1 N–H and O–H groups in total. The Balaban J connectivity index is 1.86. The van der Waals surface area contributed by atoms with Crippen LogP contribution in [0.1, 0.15) is 27.2 Å². The summed E-state index contributed by atoms with van der Waals surface area (Å²) in [5.74, 6) is 0.697. The number of carbonyl (C=O) groups excluding carboxylic acids is 3. The lowest BCUT2D eigenvalue weighted by Gasteiger charge is -2.28. The number of amides is 2. The summed E-state index contributed by atoms with van der Waals surface area (Å²) in [6.45, 7) is 6.44. The van der Waals surface area contributed by atoms with E-state index >= 15 is 0 Å². The Bertz CT molecular complexity index is 759. The van der Waals surface area contributed by atoms with Gasteiger partial charge in [-0.05, 0) is 32.9 Å². The van der Waals surface area contributed by atoms with Gasteiger partial charge in [0.25, 0.3) is 0 Å². The van der Waals surface area contributed by atoms with E-state index in [0.29, 0.717) is 36.2 Å². The second-order valence-electron chi connectivity index (χ2n) is 7.63. The van der Waals surface area contributed by atoms with E-state index < -0.39 is 11.5 Å². The van der Waals surface area contributed by atoms with Gasteiger partial charge >= 0.3 is 0 Å². The lowest BCUT2D eigenvalue weighted by atomic mass is 10.1. The van der Waals surface area contributed by atoms with Crippen LogP contribution in [0.3, 0.4) is 0 Å². The molecule has 8 heteroatoms. The fourth-order valence-electron chi connectivity index (χ4n) is 2.99. The summed E-state index contributed by atoms with van der Waals surface area (Å²) in [4.78, 5) is 38.6. The Morgan fingerprint density at radius 3 is 2.56 bits per heavy atom.